The number of amides is 2. The zero-order valence-corrected chi connectivity index (χ0v) is 21.2. The zero-order valence-electron chi connectivity index (χ0n) is 20.4. The number of hydrogen-bond donors (Lipinski definition) is 0. The number of carbonyl (C=O) groups excluding carboxylic acids is 4. The van der Waals surface area contributed by atoms with Gasteiger partial charge in [0.05, 0.1) is 23.6 Å². The SMILES string of the molecule is O=C1[C@H]2[C@@H](c3ccc(Cl)cc3)OC3(C(=O)c4ccccc4C3=O)[C@H]2C(=O)N1c1ccc(-c2ccccc2)cc1. The molecule has 7 rings (SSSR count). The lowest BCUT2D eigenvalue weighted by atomic mass is 9.77. The minimum Gasteiger partial charge on any atom is -0.349 e. The Morgan fingerprint density at radius 2 is 1.21 bits per heavy atom. The number of anilines is 1. The third-order valence-electron chi connectivity index (χ3n) is 7.95. The molecule has 0 unspecified atom stereocenters. The van der Waals surface area contributed by atoms with E-state index in [0.29, 0.717) is 16.3 Å². The topological polar surface area (TPSA) is 80.8 Å². The minimum atomic E-state index is -2.11. The Morgan fingerprint density at radius 1 is 0.641 bits per heavy atom. The van der Waals surface area contributed by atoms with E-state index in [2.05, 4.69) is 0 Å². The van der Waals surface area contributed by atoms with Gasteiger partial charge in [-0.2, -0.15) is 0 Å². The number of fused-ring (bicyclic) bond motifs is 3. The first-order valence-corrected chi connectivity index (χ1v) is 12.9. The van der Waals surface area contributed by atoms with Gasteiger partial charge in [0.1, 0.15) is 0 Å². The van der Waals surface area contributed by atoms with E-state index in [1.165, 1.54) is 0 Å². The summed E-state index contributed by atoms with van der Waals surface area (Å²) < 4.78 is 6.30. The summed E-state index contributed by atoms with van der Waals surface area (Å²) >= 11 is 6.09. The maximum Gasteiger partial charge on any atom is 0.241 e. The molecular weight excluding hydrogens is 514 g/mol. The summed E-state index contributed by atoms with van der Waals surface area (Å²) in [5, 5.41) is 0.484. The Labute approximate surface area is 228 Å². The van der Waals surface area contributed by atoms with Crippen LogP contribution in [0.5, 0.6) is 0 Å². The predicted molar refractivity (Wildman–Crippen MR) is 144 cm³/mol. The largest absolute Gasteiger partial charge is 0.349 e. The van der Waals surface area contributed by atoms with E-state index < -0.39 is 46.9 Å². The molecular formula is C32H20ClNO5. The number of rotatable bonds is 3. The molecule has 6 nitrogen and oxygen atoms in total. The fourth-order valence-corrected chi connectivity index (χ4v) is 6.28. The third kappa shape index (κ3) is 3.25. The quantitative estimate of drug-likeness (QED) is 0.249. The van der Waals surface area contributed by atoms with Crippen molar-refractivity contribution in [2.45, 2.75) is 11.7 Å². The van der Waals surface area contributed by atoms with Crippen LogP contribution in [0.4, 0.5) is 5.69 Å². The van der Waals surface area contributed by atoms with Crippen LogP contribution in [-0.4, -0.2) is 29.0 Å². The second-order valence-corrected chi connectivity index (χ2v) is 10.4. The van der Waals surface area contributed by atoms with Crippen molar-refractivity contribution in [3.05, 3.63) is 125 Å². The summed E-state index contributed by atoms with van der Waals surface area (Å²) in [6.07, 6.45) is -0.987. The molecule has 2 heterocycles. The molecule has 2 fully saturated rings. The molecule has 0 N–H and O–H groups in total. The van der Waals surface area contributed by atoms with Gasteiger partial charge < -0.3 is 4.74 Å². The highest BCUT2D eigenvalue weighted by molar-refractivity contribution is 6.37. The van der Waals surface area contributed by atoms with Gasteiger partial charge in [-0.25, -0.2) is 4.90 Å². The normalized spacial score (nSPS) is 23.0. The highest BCUT2D eigenvalue weighted by Gasteiger charge is 2.74. The van der Waals surface area contributed by atoms with Gasteiger partial charge in [-0.1, -0.05) is 90.5 Å². The highest BCUT2D eigenvalue weighted by Crippen LogP contribution is 2.57. The Morgan fingerprint density at radius 3 is 1.82 bits per heavy atom. The lowest BCUT2D eigenvalue weighted by Crippen LogP contribution is -2.51. The number of imide groups is 1. The summed E-state index contributed by atoms with van der Waals surface area (Å²) in [5.41, 5.74) is 1.14. The number of ether oxygens (including phenoxy) is 1. The van der Waals surface area contributed by atoms with Gasteiger partial charge in [0.2, 0.25) is 29.0 Å². The van der Waals surface area contributed by atoms with E-state index in [1.54, 1.807) is 60.7 Å². The molecule has 1 spiro atoms. The van der Waals surface area contributed by atoms with Crippen molar-refractivity contribution in [2.75, 3.05) is 4.90 Å². The van der Waals surface area contributed by atoms with Crippen molar-refractivity contribution in [3.8, 4) is 11.1 Å². The highest BCUT2D eigenvalue weighted by atomic mass is 35.5. The van der Waals surface area contributed by atoms with Gasteiger partial charge in [-0.3, -0.25) is 19.2 Å². The predicted octanol–water partition coefficient (Wildman–Crippen LogP) is 5.70. The van der Waals surface area contributed by atoms with Gasteiger partial charge in [0.25, 0.3) is 0 Å². The number of halogens is 1. The fourth-order valence-electron chi connectivity index (χ4n) is 6.16. The molecule has 7 heteroatoms. The van der Waals surface area contributed by atoms with E-state index in [9.17, 15) is 19.2 Å². The van der Waals surface area contributed by atoms with Gasteiger partial charge in [-0.15, -0.1) is 0 Å². The number of ketones is 2. The molecule has 2 amide bonds. The van der Waals surface area contributed by atoms with Crippen LogP contribution in [0, 0.1) is 11.8 Å². The van der Waals surface area contributed by atoms with Crippen LogP contribution >= 0.6 is 11.6 Å². The van der Waals surface area contributed by atoms with Crippen LogP contribution in [0.2, 0.25) is 5.02 Å². The Hall–Kier alpha value is -4.39. The van der Waals surface area contributed by atoms with E-state index in [0.717, 1.165) is 16.0 Å². The first-order valence-electron chi connectivity index (χ1n) is 12.6. The second kappa shape index (κ2) is 8.56. The maximum absolute atomic E-state index is 14.1. The third-order valence-corrected chi connectivity index (χ3v) is 8.20. The molecule has 0 bridgehead atoms. The fraction of sp³-hybridized carbons (Fsp3) is 0.125. The number of hydrogen-bond acceptors (Lipinski definition) is 5. The molecule has 190 valence electrons. The van der Waals surface area contributed by atoms with Gasteiger partial charge in [-0.05, 0) is 41.0 Å². The first-order chi connectivity index (χ1) is 18.9. The van der Waals surface area contributed by atoms with Crippen LogP contribution in [0.3, 0.4) is 0 Å². The smallest absolute Gasteiger partial charge is 0.241 e. The van der Waals surface area contributed by atoms with Crippen LogP contribution in [0.25, 0.3) is 11.1 Å². The van der Waals surface area contributed by atoms with Gasteiger partial charge in [0, 0.05) is 16.1 Å². The molecule has 2 saturated heterocycles. The molecule has 1 aliphatic carbocycles. The molecule has 2 aliphatic heterocycles. The van der Waals surface area contributed by atoms with Crippen molar-refractivity contribution in [3.63, 3.8) is 0 Å². The molecule has 3 atom stereocenters. The molecule has 4 aromatic rings. The van der Waals surface area contributed by atoms with Crippen LogP contribution in [0.15, 0.2) is 103 Å². The molecule has 0 saturated carbocycles. The number of Topliss-reactive ketones (excluding diaryl/α,β-unsaturated/α-hetero) is 2. The molecule has 4 aromatic carbocycles. The Kier molecular flexibility index (Phi) is 5.20. The number of benzene rings is 4. The van der Waals surface area contributed by atoms with Crippen molar-refractivity contribution < 1.29 is 23.9 Å². The minimum absolute atomic E-state index is 0.198. The van der Waals surface area contributed by atoms with Crippen molar-refractivity contribution in [1.29, 1.82) is 0 Å². The summed E-state index contributed by atoms with van der Waals surface area (Å²) in [6.45, 7) is 0. The summed E-state index contributed by atoms with van der Waals surface area (Å²) in [6, 6.07) is 29.9. The molecule has 0 aromatic heterocycles. The van der Waals surface area contributed by atoms with E-state index in [-0.39, 0.29) is 11.1 Å². The summed E-state index contributed by atoms with van der Waals surface area (Å²) in [4.78, 5) is 56.9. The average molecular weight is 534 g/mol. The molecule has 39 heavy (non-hydrogen) atoms. The number of nitrogens with zero attached hydrogens (tertiary/aromatic N) is 1. The van der Waals surface area contributed by atoms with Crippen molar-refractivity contribution in [1.82, 2.24) is 0 Å². The summed E-state index contributed by atoms with van der Waals surface area (Å²) in [7, 11) is 0. The summed E-state index contributed by atoms with van der Waals surface area (Å²) in [5.74, 6) is -4.66. The number of carbonyl (C=O) groups is 4. The maximum atomic E-state index is 14.1. The second-order valence-electron chi connectivity index (χ2n) is 9.96. The van der Waals surface area contributed by atoms with Crippen LogP contribution < -0.4 is 4.90 Å². The van der Waals surface area contributed by atoms with Gasteiger partial charge in [0.15, 0.2) is 0 Å². The molecule has 3 aliphatic rings. The standard InChI is InChI=1S/C32H20ClNO5/c33-21-14-10-20(11-15-21)27-25-26(32(39-27)28(35)23-8-4-5-9-24(23)29(32)36)31(38)34(30(25)37)22-16-12-19(13-17-22)18-6-2-1-3-7-18/h1-17,25-27H/t25-,26-,27-/m1/s1. The monoisotopic (exact) mass is 533 g/mol. The molecule has 0 radical (unpaired) electrons. The Bertz CT molecular complexity index is 1650. The lowest BCUT2D eigenvalue weighted by molar-refractivity contribution is -0.127. The van der Waals surface area contributed by atoms with Gasteiger partial charge >= 0.3 is 0 Å². The van der Waals surface area contributed by atoms with E-state index >= 15 is 0 Å². The Balaban J connectivity index is 1.34. The van der Waals surface area contributed by atoms with E-state index in [4.69, 9.17) is 16.3 Å². The van der Waals surface area contributed by atoms with Crippen molar-refractivity contribution in [2.24, 2.45) is 11.8 Å². The van der Waals surface area contributed by atoms with Crippen molar-refractivity contribution >= 4 is 40.7 Å². The zero-order chi connectivity index (χ0) is 26.9. The average Bonchev–Trinajstić information content (AvgIpc) is 3.54. The van der Waals surface area contributed by atoms with Crippen LogP contribution in [0.1, 0.15) is 32.4 Å². The van der Waals surface area contributed by atoms with Crippen LogP contribution in [-0.2, 0) is 14.3 Å². The first kappa shape index (κ1) is 23.7. The van der Waals surface area contributed by atoms with E-state index in [1.807, 2.05) is 42.5 Å². The lowest BCUT2D eigenvalue weighted by Gasteiger charge is -2.27.